The van der Waals surface area contributed by atoms with Gasteiger partial charge in [-0.2, -0.15) is 0 Å². The van der Waals surface area contributed by atoms with Crippen molar-refractivity contribution >= 4 is 48.5 Å². The van der Waals surface area contributed by atoms with E-state index in [-0.39, 0.29) is 16.5 Å². The molecule has 0 fully saturated rings. The van der Waals surface area contributed by atoms with Gasteiger partial charge in [0.05, 0.1) is 21.5 Å². The lowest BCUT2D eigenvalue weighted by Crippen LogP contribution is -2.35. The van der Waals surface area contributed by atoms with Crippen LogP contribution in [-0.2, 0) is 14.8 Å². The van der Waals surface area contributed by atoms with Crippen molar-refractivity contribution in [3.63, 3.8) is 0 Å². The number of carbonyl (C=O) groups is 1. The summed E-state index contributed by atoms with van der Waals surface area (Å²) < 4.78 is 33.1. The van der Waals surface area contributed by atoms with Crippen LogP contribution >= 0.6 is 15.9 Å². The maximum absolute atomic E-state index is 13.2. The molecule has 156 valence electrons. The number of nitrogens with zero attached hydrogens (tertiary/aromatic N) is 2. The molecule has 0 radical (unpaired) electrons. The van der Waals surface area contributed by atoms with Gasteiger partial charge in [-0.05, 0) is 54.6 Å². The van der Waals surface area contributed by atoms with Crippen LogP contribution in [0.15, 0.2) is 91.4 Å². The minimum absolute atomic E-state index is 0.0232. The first-order valence-electron chi connectivity index (χ1n) is 9.09. The highest BCUT2D eigenvalue weighted by molar-refractivity contribution is 9.10. The van der Waals surface area contributed by atoms with Gasteiger partial charge < -0.3 is 4.42 Å². The number of para-hydroxylation sites is 1. The van der Waals surface area contributed by atoms with Crippen LogP contribution in [0.25, 0.3) is 22.4 Å². The lowest BCUT2D eigenvalue weighted by molar-refractivity contribution is -0.115. The third-order valence-electron chi connectivity index (χ3n) is 4.50. The van der Waals surface area contributed by atoms with E-state index in [4.69, 9.17) is 4.42 Å². The predicted octanol–water partition coefficient (Wildman–Crippen LogP) is 4.36. The highest BCUT2D eigenvalue weighted by Gasteiger charge is 2.29. The minimum atomic E-state index is -4.16. The number of sulfonamides is 1. The summed E-state index contributed by atoms with van der Waals surface area (Å²) in [6.07, 6.45) is 0. The standard InChI is InChI=1S/C22H15BrN2O5S/c1-14(26)25(31(28,29)18-11-9-16(23)10-12-18)17-6-4-5-15(13-17)21-24-20-8-3-2-7-19(20)22(27)30-21/h2-13H,1H3. The largest absolute Gasteiger partial charge is 0.403 e. The number of halogens is 1. The van der Waals surface area contributed by atoms with E-state index in [0.29, 0.717) is 25.2 Å². The van der Waals surface area contributed by atoms with Crippen molar-refractivity contribution in [2.75, 3.05) is 4.31 Å². The van der Waals surface area contributed by atoms with E-state index < -0.39 is 21.6 Å². The summed E-state index contributed by atoms with van der Waals surface area (Å²) in [6, 6.07) is 18.8. The fraction of sp³-hybridized carbons (Fsp3) is 0.0455. The maximum atomic E-state index is 13.2. The van der Waals surface area contributed by atoms with Gasteiger partial charge >= 0.3 is 5.63 Å². The molecule has 4 rings (SSSR count). The molecule has 0 saturated heterocycles. The van der Waals surface area contributed by atoms with E-state index in [2.05, 4.69) is 20.9 Å². The maximum Gasteiger partial charge on any atom is 0.347 e. The van der Waals surface area contributed by atoms with E-state index in [0.717, 1.165) is 6.92 Å². The van der Waals surface area contributed by atoms with Crippen LogP contribution in [0.3, 0.4) is 0 Å². The highest BCUT2D eigenvalue weighted by Crippen LogP contribution is 2.29. The molecule has 7 nitrogen and oxygen atoms in total. The van der Waals surface area contributed by atoms with Crippen LogP contribution in [0, 0.1) is 0 Å². The number of aromatic nitrogens is 1. The van der Waals surface area contributed by atoms with Crippen molar-refractivity contribution in [1.29, 1.82) is 0 Å². The number of fused-ring (bicyclic) bond motifs is 1. The van der Waals surface area contributed by atoms with Gasteiger partial charge in [0, 0.05) is 17.0 Å². The number of carbonyl (C=O) groups excluding carboxylic acids is 1. The van der Waals surface area contributed by atoms with E-state index in [1.807, 2.05) is 0 Å². The van der Waals surface area contributed by atoms with Crippen molar-refractivity contribution < 1.29 is 17.6 Å². The minimum Gasteiger partial charge on any atom is -0.403 e. The van der Waals surface area contributed by atoms with Gasteiger partial charge in [0.15, 0.2) is 0 Å². The molecule has 0 saturated carbocycles. The molecular formula is C22H15BrN2O5S. The van der Waals surface area contributed by atoms with E-state index in [1.165, 1.54) is 24.3 Å². The third-order valence-corrected chi connectivity index (χ3v) is 6.85. The second kappa shape index (κ2) is 8.09. The molecule has 0 bridgehead atoms. The molecule has 31 heavy (non-hydrogen) atoms. The molecule has 1 amide bonds. The second-order valence-electron chi connectivity index (χ2n) is 6.62. The van der Waals surface area contributed by atoms with E-state index >= 15 is 0 Å². The van der Waals surface area contributed by atoms with Crippen LogP contribution in [0.4, 0.5) is 5.69 Å². The van der Waals surface area contributed by atoms with Gasteiger partial charge in [0.1, 0.15) is 0 Å². The summed E-state index contributed by atoms with van der Waals surface area (Å²) in [5, 5.41) is 0.339. The van der Waals surface area contributed by atoms with E-state index in [9.17, 15) is 18.0 Å². The fourth-order valence-corrected chi connectivity index (χ4v) is 4.79. The van der Waals surface area contributed by atoms with Gasteiger partial charge in [-0.25, -0.2) is 22.5 Å². The molecule has 0 unspecified atom stereocenters. The summed E-state index contributed by atoms with van der Waals surface area (Å²) >= 11 is 3.26. The van der Waals surface area contributed by atoms with Gasteiger partial charge in [-0.3, -0.25) is 4.79 Å². The Bertz CT molecular complexity index is 1460. The molecular weight excluding hydrogens is 484 g/mol. The topological polar surface area (TPSA) is 97.6 Å². The zero-order valence-electron chi connectivity index (χ0n) is 16.2. The van der Waals surface area contributed by atoms with Crippen LogP contribution in [0.1, 0.15) is 6.92 Å². The Hall–Kier alpha value is -3.30. The average molecular weight is 499 g/mol. The lowest BCUT2D eigenvalue weighted by Gasteiger charge is -2.21. The Morgan fingerprint density at radius 1 is 1.00 bits per heavy atom. The van der Waals surface area contributed by atoms with Crippen LogP contribution in [0.5, 0.6) is 0 Å². The molecule has 0 aliphatic carbocycles. The molecule has 3 aromatic carbocycles. The van der Waals surface area contributed by atoms with Crippen molar-refractivity contribution in [3.8, 4) is 11.5 Å². The number of anilines is 1. The van der Waals surface area contributed by atoms with Crippen LogP contribution in [0.2, 0.25) is 0 Å². The van der Waals surface area contributed by atoms with Gasteiger partial charge in [0.2, 0.25) is 11.8 Å². The summed E-state index contributed by atoms with van der Waals surface area (Å²) in [6.45, 7) is 1.16. The number of rotatable bonds is 4. The van der Waals surface area contributed by atoms with Crippen molar-refractivity contribution in [3.05, 3.63) is 87.7 Å². The molecule has 4 aromatic rings. The van der Waals surface area contributed by atoms with Crippen molar-refractivity contribution in [2.45, 2.75) is 11.8 Å². The van der Waals surface area contributed by atoms with Gasteiger partial charge in [0.25, 0.3) is 10.0 Å². The van der Waals surface area contributed by atoms with Crippen molar-refractivity contribution in [1.82, 2.24) is 4.98 Å². The molecule has 0 N–H and O–H groups in total. The van der Waals surface area contributed by atoms with Crippen LogP contribution in [-0.4, -0.2) is 19.3 Å². The summed E-state index contributed by atoms with van der Waals surface area (Å²) in [5.74, 6) is -0.664. The van der Waals surface area contributed by atoms with Gasteiger partial charge in [-0.15, -0.1) is 0 Å². The van der Waals surface area contributed by atoms with E-state index in [1.54, 1.807) is 48.5 Å². The average Bonchev–Trinajstić information content (AvgIpc) is 2.74. The normalized spacial score (nSPS) is 11.4. The van der Waals surface area contributed by atoms with Gasteiger partial charge in [-0.1, -0.05) is 34.1 Å². The summed E-state index contributed by atoms with van der Waals surface area (Å²) in [5.41, 5.74) is 0.352. The second-order valence-corrected chi connectivity index (χ2v) is 9.32. The molecule has 0 aliphatic heterocycles. The molecule has 0 atom stereocenters. The van der Waals surface area contributed by atoms with Crippen LogP contribution < -0.4 is 9.93 Å². The fourth-order valence-electron chi connectivity index (χ4n) is 3.11. The molecule has 1 aromatic heterocycles. The first-order valence-corrected chi connectivity index (χ1v) is 11.3. The summed E-state index contributed by atoms with van der Waals surface area (Å²) in [7, 11) is -4.16. The number of amides is 1. The Morgan fingerprint density at radius 2 is 1.71 bits per heavy atom. The molecule has 0 spiro atoms. The number of hydrogen-bond acceptors (Lipinski definition) is 6. The quantitative estimate of drug-likeness (QED) is 0.414. The lowest BCUT2D eigenvalue weighted by atomic mass is 10.2. The predicted molar refractivity (Wildman–Crippen MR) is 120 cm³/mol. The highest BCUT2D eigenvalue weighted by atomic mass is 79.9. The third kappa shape index (κ3) is 4.01. The Balaban J connectivity index is 1.83. The zero-order chi connectivity index (χ0) is 22.2. The smallest absolute Gasteiger partial charge is 0.347 e. The molecule has 1 heterocycles. The zero-order valence-corrected chi connectivity index (χ0v) is 18.6. The Kier molecular flexibility index (Phi) is 5.47. The summed E-state index contributed by atoms with van der Waals surface area (Å²) in [4.78, 5) is 29.0. The SMILES string of the molecule is CC(=O)N(c1cccc(-c2nc3ccccc3c(=O)o2)c1)S(=O)(=O)c1ccc(Br)cc1. The van der Waals surface area contributed by atoms with Crippen molar-refractivity contribution in [2.24, 2.45) is 0 Å². The number of hydrogen-bond donors (Lipinski definition) is 0. The molecule has 9 heteroatoms. The Morgan fingerprint density at radius 3 is 2.42 bits per heavy atom. The first-order chi connectivity index (χ1) is 14.8. The monoisotopic (exact) mass is 498 g/mol. The molecule has 0 aliphatic rings. The first kappa shape index (κ1) is 21.0. The Labute approximate surface area is 186 Å². The number of benzene rings is 3.